The highest BCUT2D eigenvalue weighted by molar-refractivity contribution is 5.53. The van der Waals surface area contributed by atoms with E-state index in [1.807, 2.05) is 12.4 Å². The summed E-state index contributed by atoms with van der Waals surface area (Å²) in [6, 6.07) is 4.11. The normalized spacial score (nSPS) is 27.9. The molecule has 20 heavy (non-hydrogen) atoms. The maximum atomic E-state index is 4.31. The molecule has 110 valence electrons. The fraction of sp³-hybridized carbons (Fsp3) is 0.688. The van der Waals surface area contributed by atoms with Crippen LogP contribution in [0, 0.1) is 0 Å². The van der Waals surface area contributed by atoms with Gasteiger partial charge in [-0.3, -0.25) is 9.88 Å². The lowest BCUT2D eigenvalue weighted by atomic mass is 10.1. The molecule has 1 aromatic heterocycles. The zero-order valence-electron chi connectivity index (χ0n) is 12.8. The molecule has 1 saturated heterocycles. The van der Waals surface area contributed by atoms with Gasteiger partial charge >= 0.3 is 0 Å². The van der Waals surface area contributed by atoms with Gasteiger partial charge in [0.05, 0.1) is 0 Å². The van der Waals surface area contributed by atoms with Gasteiger partial charge in [-0.05, 0) is 39.8 Å². The molecule has 2 heterocycles. The molecule has 4 heteroatoms. The molecule has 4 nitrogen and oxygen atoms in total. The van der Waals surface area contributed by atoms with E-state index in [1.54, 1.807) is 0 Å². The number of rotatable bonds is 4. The highest BCUT2D eigenvalue weighted by atomic mass is 15.3. The van der Waals surface area contributed by atoms with Gasteiger partial charge in [-0.2, -0.15) is 0 Å². The number of hydrogen-bond acceptors (Lipinski definition) is 4. The van der Waals surface area contributed by atoms with E-state index in [2.05, 4.69) is 47.1 Å². The second-order valence-corrected chi connectivity index (χ2v) is 6.43. The molecular formula is C16H26N4. The SMILES string of the molecule is CC1CN(c2ccncc2CNC2CC2)CC(C)N1C. The van der Waals surface area contributed by atoms with Crippen molar-refractivity contribution in [3.63, 3.8) is 0 Å². The lowest BCUT2D eigenvalue weighted by Gasteiger charge is -2.44. The van der Waals surface area contributed by atoms with Crippen molar-refractivity contribution in [2.75, 3.05) is 25.0 Å². The summed E-state index contributed by atoms with van der Waals surface area (Å²) in [7, 11) is 2.23. The van der Waals surface area contributed by atoms with Gasteiger partial charge in [0.2, 0.25) is 0 Å². The van der Waals surface area contributed by atoms with Gasteiger partial charge in [-0.25, -0.2) is 0 Å². The van der Waals surface area contributed by atoms with Crippen LogP contribution in [0.4, 0.5) is 5.69 Å². The van der Waals surface area contributed by atoms with Gasteiger partial charge in [0, 0.05) is 61.4 Å². The van der Waals surface area contributed by atoms with Crippen LogP contribution in [-0.2, 0) is 6.54 Å². The molecule has 3 rings (SSSR count). The Labute approximate surface area is 122 Å². The van der Waals surface area contributed by atoms with Crippen LogP contribution in [0.25, 0.3) is 0 Å². The van der Waals surface area contributed by atoms with E-state index in [-0.39, 0.29) is 0 Å². The summed E-state index contributed by atoms with van der Waals surface area (Å²) >= 11 is 0. The van der Waals surface area contributed by atoms with Crippen LogP contribution in [0.3, 0.4) is 0 Å². The smallest absolute Gasteiger partial charge is 0.0443 e. The third-order valence-electron chi connectivity index (χ3n) is 4.74. The maximum absolute atomic E-state index is 4.31. The number of hydrogen-bond donors (Lipinski definition) is 1. The summed E-state index contributed by atoms with van der Waals surface area (Å²) in [6.07, 6.45) is 6.61. The zero-order valence-corrected chi connectivity index (χ0v) is 12.8. The highest BCUT2D eigenvalue weighted by Gasteiger charge is 2.28. The standard InChI is InChI=1S/C16H26N4/c1-12-10-20(11-13(2)19(12)3)16-6-7-17-8-14(16)9-18-15-4-5-15/h6-8,12-13,15,18H,4-5,9-11H2,1-3H3. The van der Waals surface area contributed by atoms with E-state index in [4.69, 9.17) is 0 Å². The van der Waals surface area contributed by atoms with Crippen molar-refractivity contribution in [2.24, 2.45) is 0 Å². The Hall–Kier alpha value is -1.13. The molecule has 0 amide bonds. The summed E-state index contributed by atoms with van der Waals surface area (Å²) in [5.74, 6) is 0. The molecule has 1 aliphatic heterocycles. The molecule has 2 fully saturated rings. The Bertz CT molecular complexity index is 446. The molecule has 2 unspecified atom stereocenters. The Morgan fingerprint density at radius 1 is 1.25 bits per heavy atom. The maximum Gasteiger partial charge on any atom is 0.0443 e. The number of pyridine rings is 1. The topological polar surface area (TPSA) is 31.4 Å². The Morgan fingerprint density at radius 2 is 1.95 bits per heavy atom. The van der Waals surface area contributed by atoms with Crippen LogP contribution in [0.2, 0.25) is 0 Å². The van der Waals surface area contributed by atoms with Crippen LogP contribution in [0.5, 0.6) is 0 Å². The van der Waals surface area contributed by atoms with Crippen molar-refractivity contribution >= 4 is 5.69 Å². The van der Waals surface area contributed by atoms with Gasteiger partial charge in [-0.15, -0.1) is 0 Å². The van der Waals surface area contributed by atoms with Gasteiger partial charge in [0.1, 0.15) is 0 Å². The molecule has 1 saturated carbocycles. The summed E-state index contributed by atoms with van der Waals surface area (Å²) in [5, 5.41) is 3.61. The van der Waals surface area contributed by atoms with Crippen LogP contribution in [-0.4, -0.2) is 48.1 Å². The Kier molecular flexibility index (Phi) is 3.94. The minimum atomic E-state index is 0.594. The number of nitrogens with zero attached hydrogens (tertiary/aromatic N) is 3. The molecule has 1 aromatic rings. The fourth-order valence-corrected chi connectivity index (χ4v) is 3.01. The summed E-state index contributed by atoms with van der Waals surface area (Å²) < 4.78 is 0. The van der Waals surface area contributed by atoms with E-state index in [1.165, 1.54) is 24.1 Å². The Morgan fingerprint density at radius 3 is 2.60 bits per heavy atom. The summed E-state index contributed by atoms with van der Waals surface area (Å²) in [4.78, 5) is 9.32. The van der Waals surface area contributed by atoms with Crippen molar-refractivity contribution in [1.82, 2.24) is 15.2 Å². The highest BCUT2D eigenvalue weighted by Crippen LogP contribution is 2.26. The Balaban J connectivity index is 1.74. The van der Waals surface area contributed by atoms with Crippen LogP contribution >= 0.6 is 0 Å². The minimum absolute atomic E-state index is 0.594. The summed E-state index contributed by atoms with van der Waals surface area (Å²) in [6.45, 7) is 7.77. The first-order chi connectivity index (χ1) is 9.65. The second-order valence-electron chi connectivity index (χ2n) is 6.43. The van der Waals surface area contributed by atoms with E-state index < -0.39 is 0 Å². The van der Waals surface area contributed by atoms with Gasteiger partial charge in [-0.1, -0.05) is 0 Å². The van der Waals surface area contributed by atoms with E-state index in [0.29, 0.717) is 12.1 Å². The van der Waals surface area contributed by atoms with E-state index in [0.717, 1.165) is 25.7 Å². The predicted molar refractivity (Wildman–Crippen MR) is 83.0 cm³/mol. The molecule has 1 aliphatic carbocycles. The quantitative estimate of drug-likeness (QED) is 0.908. The monoisotopic (exact) mass is 274 g/mol. The van der Waals surface area contributed by atoms with E-state index in [9.17, 15) is 0 Å². The lowest BCUT2D eigenvalue weighted by Crippen LogP contribution is -2.55. The van der Waals surface area contributed by atoms with Crippen molar-refractivity contribution in [3.8, 4) is 0 Å². The van der Waals surface area contributed by atoms with Gasteiger partial charge in [0.25, 0.3) is 0 Å². The molecule has 2 atom stereocenters. The number of aromatic nitrogens is 1. The van der Waals surface area contributed by atoms with Gasteiger partial charge in [0.15, 0.2) is 0 Å². The van der Waals surface area contributed by atoms with Crippen molar-refractivity contribution in [2.45, 2.75) is 51.4 Å². The van der Waals surface area contributed by atoms with Crippen molar-refractivity contribution in [3.05, 3.63) is 24.0 Å². The number of piperazine rings is 1. The van der Waals surface area contributed by atoms with Gasteiger partial charge < -0.3 is 10.2 Å². The molecule has 0 bridgehead atoms. The fourth-order valence-electron chi connectivity index (χ4n) is 3.01. The third-order valence-corrected chi connectivity index (χ3v) is 4.74. The van der Waals surface area contributed by atoms with Crippen LogP contribution in [0.1, 0.15) is 32.3 Å². The molecular weight excluding hydrogens is 248 g/mol. The lowest BCUT2D eigenvalue weighted by molar-refractivity contribution is 0.170. The first-order valence-electron chi connectivity index (χ1n) is 7.78. The molecule has 0 aromatic carbocycles. The summed E-state index contributed by atoms with van der Waals surface area (Å²) in [5.41, 5.74) is 2.70. The van der Waals surface area contributed by atoms with E-state index >= 15 is 0 Å². The number of nitrogens with one attached hydrogen (secondary N) is 1. The first-order valence-corrected chi connectivity index (χ1v) is 7.78. The number of likely N-dealkylation sites (N-methyl/N-ethyl adjacent to an activating group) is 1. The molecule has 0 radical (unpaired) electrons. The molecule has 1 N–H and O–H groups in total. The van der Waals surface area contributed by atoms with Crippen LogP contribution < -0.4 is 10.2 Å². The predicted octanol–water partition coefficient (Wildman–Crippen LogP) is 1.86. The van der Waals surface area contributed by atoms with Crippen molar-refractivity contribution in [1.29, 1.82) is 0 Å². The minimum Gasteiger partial charge on any atom is -0.368 e. The molecule has 2 aliphatic rings. The number of anilines is 1. The van der Waals surface area contributed by atoms with Crippen molar-refractivity contribution < 1.29 is 0 Å². The largest absolute Gasteiger partial charge is 0.368 e. The zero-order chi connectivity index (χ0) is 14.1. The average Bonchev–Trinajstić information content (AvgIpc) is 3.26. The first kappa shape index (κ1) is 13.8. The average molecular weight is 274 g/mol. The third kappa shape index (κ3) is 2.96. The second kappa shape index (κ2) is 5.70. The molecule has 0 spiro atoms. The van der Waals surface area contributed by atoms with Crippen LogP contribution in [0.15, 0.2) is 18.5 Å².